The molecule has 0 fully saturated rings. The van der Waals surface area contributed by atoms with Crippen LogP contribution in [0.1, 0.15) is 19.4 Å². The van der Waals surface area contributed by atoms with Crippen LogP contribution in [0.3, 0.4) is 0 Å². The molecule has 10 heavy (non-hydrogen) atoms. The second kappa shape index (κ2) is 2.73. The van der Waals surface area contributed by atoms with Gasteiger partial charge in [-0.25, -0.2) is 0 Å². The van der Waals surface area contributed by atoms with E-state index in [1.165, 1.54) is 0 Å². The smallest absolute Gasteiger partial charge is 0.172 e. The molecule has 0 radical (unpaired) electrons. The third-order valence-corrected chi connectivity index (χ3v) is 1.17. The molecule has 0 atom stereocenters. The lowest BCUT2D eigenvalue weighted by Gasteiger charge is -2.05. The highest BCUT2D eigenvalue weighted by atomic mass is 16.5. The molecule has 0 spiro atoms. The number of anilines is 1. The van der Waals surface area contributed by atoms with E-state index in [4.69, 9.17) is 4.52 Å². The van der Waals surface area contributed by atoms with E-state index in [1.54, 1.807) is 6.26 Å². The maximum absolute atomic E-state index is 4.73. The minimum atomic E-state index is 0.406. The van der Waals surface area contributed by atoms with Crippen molar-refractivity contribution in [3.05, 3.63) is 11.8 Å². The highest BCUT2D eigenvalue weighted by molar-refractivity contribution is 5.40. The third-order valence-electron chi connectivity index (χ3n) is 1.17. The van der Waals surface area contributed by atoms with Gasteiger partial charge in [-0.1, -0.05) is 5.16 Å². The van der Waals surface area contributed by atoms with Gasteiger partial charge < -0.3 is 9.84 Å². The predicted molar refractivity (Wildman–Crippen MR) is 40.0 cm³/mol. The van der Waals surface area contributed by atoms with Gasteiger partial charge in [0.05, 0.1) is 0 Å². The zero-order valence-corrected chi connectivity index (χ0v) is 6.51. The first-order valence-corrected chi connectivity index (χ1v) is 3.37. The van der Waals surface area contributed by atoms with Crippen LogP contribution in [0.25, 0.3) is 0 Å². The van der Waals surface area contributed by atoms with E-state index in [-0.39, 0.29) is 0 Å². The molecule has 0 aliphatic rings. The molecule has 56 valence electrons. The van der Waals surface area contributed by atoms with Gasteiger partial charge in [0.25, 0.3) is 0 Å². The Morgan fingerprint density at radius 2 is 2.30 bits per heavy atom. The second-order valence-corrected chi connectivity index (χ2v) is 2.65. The quantitative estimate of drug-likeness (QED) is 0.680. The van der Waals surface area contributed by atoms with Crippen molar-refractivity contribution >= 4 is 5.82 Å². The number of rotatable bonds is 2. The summed E-state index contributed by atoms with van der Waals surface area (Å²) in [7, 11) is 0. The van der Waals surface area contributed by atoms with E-state index in [9.17, 15) is 0 Å². The minimum absolute atomic E-state index is 0.406. The second-order valence-electron chi connectivity index (χ2n) is 2.65. The molecule has 1 aromatic rings. The van der Waals surface area contributed by atoms with Crippen molar-refractivity contribution in [2.24, 2.45) is 0 Å². The average molecular weight is 140 g/mol. The Hall–Kier alpha value is -0.990. The van der Waals surface area contributed by atoms with Gasteiger partial charge in [-0.3, -0.25) is 0 Å². The summed E-state index contributed by atoms with van der Waals surface area (Å²) >= 11 is 0. The van der Waals surface area contributed by atoms with Crippen molar-refractivity contribution in [3.63, 3.8) is 0 Å². The van der Waals surface area contributed by atoms with Crippen LogP contribution < -0.4 is 5.32 Å². The van der Waals surface area contributed by atoms with Gasteiger partial charge in [-0.05, 0) is 20.8 Å². The number of nitrogens with one attached hydrogen (secondary N) is 1. The maximum Gasteiger partial charge on any atom is 0.172 e. The Morgan fingerprint density at radius 3 is 2.70 bits per heavy atom. The fraction of sp³-hybridized carbons (Fsp3) is 0.571. The van der Waals surface area contributed by atoms with Crippen molar-refractivity contribution < 1.29 is 4.52 Å². The van der Waals surface area contributed by atoms with E-state index in [0.29, 0.717) is 6.04 Å². The van der Waals surface area contributed by atoms with Crippen LogP contribution in [0.15, 0.2) is 10.8 Å². The number of aromatic nitrogens is 1. The van der Waals surface area contributed by atoms with Gasteiger partial charge in [-0.2, -0.15) is 0 Å². The van der Waals surface area contributed by atoms with E-state index in [0.717, 1.165) is 11.4 Å². The van der Waals surface area contributed by atoms with Crippen LogP contribution in [0.4, 0.5) is 5.82 Å². The maximum atomic E-state index is 4.73. The summed E-state index contributed by atoms with van der Waals surface area (Å²) < 4.78 is 4.73. The summed E-state index contributed by atoms with van der Waals surface area (Å²) in [4.78, 5) is 0. The van der Waals surface area contributed by atoms with Crippen molar-refractivity contribution in [1.29, 1.82) is 0 Å². The van der Waals surface area contributed by atoms with Crippen molar-refractivity contribution in [2.75, 3.05) is 5.32 Å². The van der Waals surface area contributed by atoms with Gasteiger partial charge in [0, 0.05) is 11.6 Å². The van der Waals surface area contributed by atoms with Crippen LogP contribution in [0.5, 0.6) is 0 Å². The molecule has 3 heteroatoms. The monoisotopic (exact) mass is 140 g/mol. The molecule has 3 nitrogen and oxygen atoms in total. The van der Waals surface area contributed by atoms with E-state index < -0.39 is 0 Å². The Balaban J connectivity index is 2.65. The highest BCUT2D eigenvalue weighted by Crippen LogP contribution is 2.10. The Bertz CT molecular complexity index is 205. The largest absolute Gasteiger partial charge is 0.365 e. The highest BCUT2D eigenvalue weighted by Gasteiger charge is 2.02. The first kappa shape index (κ1) is 7.12. The van der Waals surface area contributed by atoms with Gasteiger partial charge >= 0.3 is 0 Å². The van der Waals surface area contributed by atoms with Gasteiger partial charge in [0.15, 0.2) is 5.82 Å². The summed E-state index contributed by atoms with van der Waals surface area (Å²) in [5.41, 5.74) is 1.05. The molecule has 1 heterocycles. The molecule has 0 aliphatic carbocycles. The summed E-state index contributed by atoms with van der Waals surface area (Å²) in [5, 5.41) is 6.92. The Kier molecular flexibility index (Phi) is 1.94. The molecule has 1 N–H and O–H groups in total. The number of aryl methyl sites for hydroxylation is 1. The van der Waals surface area contributed by atoms with Crippen LogP contribution >= 0.6 is 0 Å². The normalized spacial score (nSPS) is 10.4. The van der Waals surface area contributed by atoms with Gasteiger partial charge in [0.1, 0.15) is 6.26 Å². The standard InChI is InChI=1S/C7H12N2O/c1-5(2)8-7-6(3)4-10-9-7/h4-5H,1-3H3,(H,8,9). The molecule has 0 bridgehead atoms. The van der Waals surface area contributed by atoms with E-state index in [1.807, 2.05) is 6.92 Å². The number of hydrogen-bond acceptors (Lipinski definition) is 3. The number of hydrogen-bond donors (Lipinski definition) is 1. The van der Waals surface area contributed by atoms with Crippen molar-refractivity contribution in [1.82, 2.24) is 5.16 Å². The van der Waals surface area contributed by atoms with Crippen LogP contribution in [-0.2, 0) is 0 Å². The van der Waals surface area contributed by atoms with E-state index >= 15 is 0 Å². The minimum Gasteiger partial charge on any atom is -0.365 e. The molecule has 0 aromatic carbocycles. The molecular formula is C7H12N2O. The van der Waals surface area contributed by atoms with Crippen LogP contribution in [-0.4, -0.2) is 11.2 Å². The topological polar surface area (TPSA) is 38.1 Å². The Labute approximate surface area is 60.4 Å². The first-order valence-electron chi connectivity index (χ1n) is 3.37. The average Bonchev–Trinajstić information content (AvgIpc) is 2.15. The molecule has 0 unspecified atom stereocenters. The van der Waals surface area contributed by atoms with Crippen molar-refractivity contribution in [3.8, 4) is 0 Å². The lowest BCUT2D eigenvalue weighted by molar-refractivity contribution is 0.421. The third kappa shape index (κ3) is 1.50. The molecule has 1 aromatic heterocycles. The SMILES string of the molecule is Cc1conc1NC(C)C. The van der Waals surface area contributed by atoms with E-state index in [2.05, 4.69) is 24.3 Å². The predicted octanol–water partition coefficient (Wildman–Crippen LogP) is 1.80. The Morgan fingerprint density at radius 1 is 1.60 bits per heavy atom. The van der Waals surface area contributed by atoms with Gasteiger partial charge in [0.2, 0.25) is 0 Å². The molecule has 0 aliphatic heterocycles. The van der Waals surface area contributed by atoms with Crippen molar-refractivity contribution in [2.45, 2.75) is 26.8 Å². The molecule has 1 rings (SSSR count). The fourth-order valence-corrected chi connectivity index (χ4v) is 0.700. The summed E-state index contributed by atoms with van der Waals surface area (Å²) in [6.45, 7) is 6.09. The lowest BCUT2D eigenvalue weighted by Crippen LogP contribution is -2.10. The lowest BCUT2D eigenvalue weighted by atomic mass is 10.3. The molecule has 0 saturated carbocycles. The fourth-order valence-electron chi connectivity index (χ4n) is 0.700. The van der Waals surface area contributed by atoms with Crippen LogP contribution in [0, 0.1) is 6.92 Å². The van der Waals surface area contributed by atoms with Gasteiger partial charge in [-0.15, -0.1) is 0 Å². The number of nitrogens with zero attached hydrogens (tertiary/aromatic N) is 1. The molecule has 0 saturated heterocycles. The zero-order valence-electron chi connectivity index (χ0n) is 6.51. The summed E-state index contributed by atoms with van der Waals surface area (Å²) in [6.07, 6.45) is 1.63. The molecule has 0 amide bonds. The first-order chi connectivity index (χ1) is 4.70. The zero-order chi connectivity index (χ0) is 7.56. The van der Waals surface area contributed by atoms with Crippen LogP contribution in [0.2, 0.25) is 0 Å². The summed E-state index contributed by atoms with van der Waals surface area (Å²) in [6, 6.07) is 0.406. The molecular weight excluding hydrogens is 128 g/mol. The summed E-state index contributed by atoms with van der Waals surface area (Å²) in [5.74, 6) is 0.843.